The first-order valence-electron chi connectivity index (χ1n) is 5.65. The molecule has 3 nitrogen and oxygen atoms in total. The van der Waals surface area contributed by atoms with Crippen LogP contribution in [0.3, 0.4) is 0 Å². The summed E-state index contributed by atoms with van der Waals surface area (Å²) in [6.07, 6.45) is 4.38. The van der Waals surface area contributed by atoms with E-state index >= 15 is 0 Å². The van der Waals surface area contributed by atoms with E-state index in [1.54, 1.807) is 6.20 Å². The van der Waals surface area contributed by atoms with Crippen molar-refractivity contribution in [2.45, 2.75) is 25.4 Å². The van der Waals surface area contributed by atoms with Crippen LogP contribution in [0.25, 0.3) is 11.5 Å². The molecule has 0 radical (unpaired) electrons. The van der Waals surface area contributed by atoms with Gasteiger partial charge in [0.1, 0.15) is 11.5 Å². The molecule has 0 amide bonds. The molecule has 0 unspecified atom stereocenters. The van der Waals surface area contributed by atoms with Crippen molar-refractivity contribution in [1.29, 1.82) is 0 Å². The SMILES string of the molecule is c1ccc(-c2ccc(CNC3CC3)o2)nc1. The second-order valence-corrected chi connectivity index (χ2v) is 4.14. The molecule has 16 heavy (non-hydrogen) atoms. The van der Waals surface area contributed by atoms with Crippen LogP contribution < -0.4 is 5.32 Å². The molecule has 3 heteroatoms. The van der Waals surface area contributed by atoms with Crippen LogP contribution in [0, 0.1) is 0 Å². The minimum Gasteiger partial charge on any atom is -0.458 e. The van der Waals surface area contributed by atoms with E-state index in [9.17, 15) is 0 Å². The highest BCUT2D eigenvalue weighted by Gasteiger charge is 2.20. The largest absolute Gasteiger partial charge is 0.458 e. The summed E-state index contributed by atoms with van der Waals surface area (Å²) >= 11 is 0. The lowest BCUT2D eigenvalue weighted by Crippen LogP contribution is -2.14. The summed E-state index contributed by atoms with van der Waals surface area (Å²) in [7, 11) is 0. The van der Waals surface area contributed by atoms with Crippen LogP contribution in [0.2, 0.25) is 0 Å². The third kappa shape index (κ3) is 2.14. The lowest BCUT2D eigenvalue weighted by atomic mass is 10.3. The quantitative estimate of drug-likeness (QED) is 0.850. The molecule has 82 valence electrons. The molecule has 0 bridgehead atoms. The van der Waals surface area contributed by atoms with E-state index in [0.29, 0.717) is 6.04 Å². The Morgan fingerprint density at radius 3 is 2.94 bits per heavy atom. The van der Waals surface area contributed by atoms with Crippen molar-refractivity contribution in [1.82, 2.24) is 10.3 Å². The summed E-state index contributed by atoms with van der Waals surface area (Å²) < 4.78 is 5.72. The molecule has 1 fully saturated rings. The zero-order valence-corrected chi connectivity index (χ0v) is 9.02. The highest BCUT2D eigenvalue weighted by atomic mass is 16.3. The fraction of sp³-hybridized carbons (Fsp3) is 0.308. The van der Waals surface area contributed by atoms with Crippen molar-refractivity contribution in [3.8, 4) is 11.5 Å². The van der Waals surface area contributed by atoms with Crippen molar-refractivity contribution < 1.29 is 4.42 Å². The van der Waals surface area contributed by atoms with Crippen LogP contribution in [-0.2, 0) is 6.54 Å². The Kier molecular flexibility index (Phi) is 2.46. The topological polar surface area (TPSA) is 38.1 Å². The first-order valence-corrected chi connectivity index (χ1v) is 5.65. The van der Waals surface area contributed by atoms with Gasteiger partial charge < -0.3 is 9.73 Å². The van der Waals surface area contributed by atoms with Gasteiger partial charge in [0, 0.05) is 12.2 Å². The first-order chi connectivity index (χ1) is 7.92. The highest BCUT2D eigenvalue weighted by molar-refractivity contribution is 5.51. The minimum atomic E-state index is 0.711. The lowest BCUT2D eigenvalue weighted by Gasteiger charge is -1.98. The van der Waals surface area contributed by atoms with E-state index in [2.05, 4.69) is 10.3 Å². The molecule has 0 atom stereocenters. The van der Waals surface area contributed by atoms with Crippen LogP contribution >= 0.6 is 0 Å². The summed E-state index contributed by atoms with van der Waals surface area (Å²) in [5, 5.41) is 3.42. The fourth-order valence-corrected chi connectivity index (χ4v) is 1.65. The smallest absolute Gasteiger partial charge is 0.152 e. The zero-order valence-electron chi connectivity index (χ0n) is 9.02. The van der Waals surface area contributed by atoms with Crippen LogP contribution in [0.15, 0.2) is 40.9 Å². The van der Waals surface area contributed by atoms with Gasteiger partial charge in [0.2, 0.25) is 0 Å². The number of rotatable bonds is 4. The maximum atomic E-state index is 5.72. The first kappa shape index (κ1) is 9.60. The molecule has 0 saturated heterocycles. The van der Waals surface area contributed by atoms with Crippen LogP contribution in [0.4, 0.5) is 0 Å². The molecule has 0 aromatic carbocycles. The predicted molar refractivity (Wildman–Crippen MR) is 61.8 cm³/mol. The van der Waals surface area contributed by atoms with Gasteiger partial charge in [-0.1, -0.05) is 6.07 Å². The maximum absolute atomic E-state index is 5.72. The van der Waals surface area contributed by atoms with Gasteiger partial charge in [-0.2, -0.15) is 0 Å². The molecule has 3 rings (SSSR count). The van der Waals surface area contributed by atoms with Crippen LogP contribution in [0.5, 0.6) is 0 Å². The summed E-state index contributed by atoms with van der Waals surface area (Å²) in [6, 6.07) is 10.5. The molecule has 2 aromatic rings. The zero-order chi connectivity index (χ0) is 10.8. The molecule has 1 aliphatic carbocycles. The number of nitrogens with one attached hydrogen (secondary N) is 1. The van der Waals surface area contributed by atoms with Crippen molar-refractivity contribution in [2.75, 3.05) is 0 Å². The van der Waals surface area contributed by atoms with Crippen LogP contribution in [-0.4, -0.2) is 11.0 Å². The molecule has 0 spiro atoms. The average molecular weight is 214 g/mol. The van der Waals surface area contributed by atoms with Crippen molar-refractivity contribution in [2.24, 2.45) is 0 Å². The van der Waals surface area contributed by atoms with E-state index in [1.165, 1.54) is 12.8 Å². The molecular formula is C13H14N2O. The van der Waals surface area contributed by atoms with Crippen LogP contribution in [0.1, 0.15) is 18.6 Å². The fourth-order valence-electron chi connectivity index (χ4n) is 1.65. The van der Waals surface area contributed by atoms with Gasteiger partial charge in [-0.05, 0) is 37.1 Å². The van der Waals surface area contributed by atoms with Gasteiger partial charge in [0.05, 0.1) is 6.54 Å². The molecule has 0 aliphatic heterocycles. The Bertz CT molecular complexity index is 460. The summed E-state index contributed by atoms with van der Waals surface area (Å²) in [6.45, 7) is 0.817. The van der Waals surface area contributed by atoms with Gasteiger partial charge in [-0.15, -0.1) is 0 Å². The van der Waals surface area contributed by atoms with E-state index in [4.69, 9.17) is 4.42 Å². The van der Waals surface area contributed by atoms with Crippen molar-refractivity contribution in [3.05, 3.63) is 42.3 Å². The monoisotopic (exact) mass is 214 g/mol. The Balaban J connectivity index is 1.71. The summed E-state index contributed by atoms with van der Waals surface area (Å²) in [4.78, 5) is 4.26. The molecule has 2 heterocycles. The van der Waals surface area contributed by atoms with Crippen molar-refractivity contribution in [3.63, 3.8) is 0 Å². The van der Waals surface area contributed by atoms with Gasteiger partial charge in [0.25, 0.3) is 0 Å². The number of aromatic nitrogens is 1. The molecule has 1 aliphatic rings. The lowest BCUT2D eigenvalue weighted by molar-refractivity contribution is 0.491. The van der Waals surface area contributed by atoms with Gasteiger partial charge in [-0.3, -0.25) is 4.98 Å². The Labute approximate surface area is 94.5 Å². The second-order valence-electron chi connectivity index (χ2n) is 4.14. The number of hydrogen-bond donors (Lipinski definition) is 1. The van der Waals surface area contributed by atoms with Gasteiger partial charge >= 0.3 is 0 Å². The number of nitrogens with zero attached hydrogens (tertiary/aromatic N) is 1. The van der Waals surface area contributed by atoms with Crippen molar-refractivity contribution >= 4 is 0 Å². The van der Waals surface area contributed by atoms with E-state index in [1.807, 2.05) is 30.3 Å². The summed E-state index contributed by atoms with van der Waals surface area (Å²) in [5.74, 6) is 1.82. The number of furan rings is 1. The molecule has 2 aromatic heterocycles. The van der Waals surface area contributed by atoms with E-state index < -0.39 is 0 Å². The molecule has 1 saturated carbocycles. The average Bonchev–Trinajstić information content (AvgIpc) is 3.05. The number of pyridine rings is 1. The predicted octanol–water partition coefficient (Wildman–Crippen LogP) is 2.59. The van der Waals surface area contributed by atoms with E-state index in [-0.39, 0.29) is 0 Å². The van der Waals surface area contributed by atoms with E-state index in [0.717, 1.165) is 23.8 Å². The third-order valence-electron chi connectivity index (χ3n) is 2.72. The Hall–Kier alpha value is -1.61. The standard InChI is InChI=1S/C13H14N2O/c1-2-8-14-12(3-1)13-7-6-11(16-13)9-15-10-4-5-10/h1-3,6-8,10,15H,4-5,9H2. The minimum absolute atomic E-state index is 0.711. The third-order valence-corrected chi connectivity index (χ3v) is 2.72. The van der Waals surface area contributed by atoms with Gasteiger partial charge in [0.15, 0.2) is 5.76 Å². The second kappa shape index (κ2) is 4.10. The highest BCUT2D eigenvalue weighted by Crippen LogP contribution is 2.22. The maximum Gasteiger partial charge on any atom is 0.152 e. The molecule has 1 N–H and O–H groups in total. The number of hydrogen-bond acceptors (Lipinski definition) is 3. The van der Waals surface area contributed by atoms with Gasteiger partial charge in [-0.25, -0.2) is 0 Å². The molecular weight excluding hydrogens is 200 g/mol. The Morgan fingerprint density at radius 1 is 1.25 bits per heavy atom. The Morgan fingerprint density at radius 2 is 2.19 bits per heavy atom. The summed E-state index contributed by atoms with van der Waals surface area (Å²) in [5.41, 5.74) is 0.889. The normalized spacial score (nSPS) is 15.2.